The molecule has 29 heavy (non-hydrogen) atoms. The van der Waals surface area contributed by atoms with Gasteiger partial charge < -0.3 is 11.1 Å². The molecule has 0 fully saturated rings. The van der Waals surface area contributed by atoms with Crippen molar-refractivity contribution in [1.29, 1.82) is 0 Å². The number of aromatic nitrogens is 2. The average Bonchev–Trinajstić information content (AvgIpc) is 2.75. The first-order chi connectivity index (χ1) is 14.2. The van der Waals surface area contributed by atoms with Crippen LogP contribution in [0.4, 0.5) is 11.6 Å². The number of benzene rings is 2. The quantitative estimate of drug-likeness (QED) is 0.600. The van der Waals surface area contributed by atoms with Crippen LogP contribution < -0.4 is 11.1 Å². The number of rotatable bonds is 5. The summed E-state index contributed by atoms with van der Waals surface area (Å²) in [5.74, 6) is 0.485. The Balaban J connectivity index is 1.70. The first-order valence-electron chi connectivity index (χ1n) is 9.52. The lowest BCUT2D eigenvalue weighted by atomic mass is 9.88. The molecule has 1 heterocycles. The van der Waals surface area contributed by atoms with Crippen LogP contribution in [-0.4, -0.2) is 22.7 Å². The van der Waals surface area contributed by atoms with Gasteiger partial charge in [0.15, 0.2) is 0 Å². The van der Waals surface area contributed by atoms with E-state index in [0.717, 1.165) is 46.8 Å². The summed E-state index contributed by atoms with van der Waals surface area (Å²) < 4.78 is 0. The van der Waals surface area contributed by atoms with Gasteiger partial charge in [-0.15, -0.1) is 0 Å². The second-order valence-electron chi connectivity index (χ2n) is 6.91. The third-order valence-corrected chi connectivity index (χ3v) is 5.31. The molecule has 0 spiro atoms. The number of para-hydroxylation sites is 1. The lowest BCUT2D eigenvalue weighted by Gasteiger charge is -2.22. The second-order valence-corrected chi connectivity index (χ2v) is 7.31. The van der Waals surface area contributed by atoms with E-state index in [-0.39, 0.29) is 0 Å². The molecule has 0 atom stereocenters. The Morgan fingerprint density at radius 2 is 1.86 bits per heavy atom. The number of hydrogen-bond donors (Lipinski definition) is 2. The molecule has 1 aliphatic rings. The van der Waals surface area contributed by atoms with Gasteiger partial charge in [0, 0.05) is 36.6 Å². The highest BCUT2D eigenvalue weighted by molar-refractivity contribution is 6.33. The van der Waals surface area contributed by atoms with Crippen molar-refractivity contribution in [3.05, 3.63) is 88.3 Å². The van der Waals surface area contributed by atoms with Crippen LogP contribution in [-0.2, 0) is 12.8 Å². The molecule has 1 aromatic heterocycles. The van der Waals surface area contributed by atoms with Crippen LogP contribution in [0.15, 0.2) is 71.5 Å². The predicted molar refractivity (Wildman–Crippen MR) is 120 cm³/mol. The van der Waals surface area contributed by atoms with Crippen molar-refractivity contribution in [3.63, 3.8) is 0 Å². The van der Waals surface area contributed by atoms with Crippen molar-refractivity contribution in [2.45, 2.75) is 19.3 Å². The number of hydrogen-bond acceptors (Lipinski definition) is 5. The fourth-order valence-corrected chi connectivity index (χ4v) is 3.67. The minimum atomic E-state index is 0.485. The van der Waals surface area contributed by atoms with Gasteiger partial charge in [0.1, 0.15) is 0 Å². The Labute approximate surface area is 175 Å². The molecule has 0 saturated carbocycles. The lowest BCUT2D eigenvalue weighted by molar-refractivity contribution is 0.880. The summed E-state index contributed by atoms with van der Waals surface area (Å²) in [5.41, 5.74) is 13.0. The van der Waals surface area contributed by atoms with Crippen LogP contribution in [0.3, 0.4) is 0 Å². The van der Waals surface area contributed by atoms with E-state index in [1.165, 1.54) is 5.56 Å². The molecule has 3 N–H and O–H groups in total. The molecular weight excluding hydrogens is 382 g/mol. The maximum atomic E-state index is 6.45. The number of allylic oxidation sites excluding steroid dienone is 2. The van der Waals surface area contributed by atoms with Crippen molar-refractivity contribution in [2.75, 3.05) is 12.4 Å². The Bertz CT molecular complexity index is 1090. The molecule has 146 valence electrons. The van der Waals surface area contributed by atoms with E-state index in [9.17, 15) is 0 Å². The summed E-state index contributed by atoms with van der Waals surface area (Å²) in [5, 5.41) is 3.82. The fraction of sp³-hybridized carbons (Fsp3) is 0.174. The van der Waals surface area contributed by atoms with E-state index in [1.54, 1.807) is 7.05 Å². The Kier molecular flexibility index (Phi) is 5.58. The molecule has 0 amide bonds. The van der Waals surface area contributed by atoms with Crippen molar-refractivity contribution in [3.8, 4) is 0 Å². The highest BCUT2D eigenvalue weighted by Crippen LogP contribution is 2.31. The summed E-state index contributed by atoms with van der Waals surface area (Å²) >= 11 is 6.27. The number of fused-ring (bicyclic) bond motifs is 1. The number of aryl methyl sites for hydroxylation is 1. The minimum absolute atomic E-state index is 0.485. The van der Waals surface area contributed by atoms with Gasteiger partial charge in [0.2, 0.25) is 5.95 Å². The normalized spacial score (nSPS) is 13.9. The van der Waals surface area contributed by atoms with Gasteiger partial charge in [-0.05, 0) is 36.1 Å². The molecule has 2 aromatic carbocycles. The maximum absolute atomic E-state index is 6.45. The summed E-state index contributed by atoms with van der Waals surface area (Å²) in [7, 11) is 1.80. The molecular formula is C23H22ClN5. The van der Waals surface area contributed by atoms with Crippen LogP contribution in [0.25, 0.3) is 5.57 Å². The van der Waals surface area contributed by atoms with E-state index >= 15 is 0 Å². The van der Waals surface area contributed by atoms with Crippen LogP contribution >= 0.6 is 11.6 Å². The van der Waals surface area contributed by atoms with Gasteiger partial charge in [-0.3, -0.25) is 4.99 Å². The molecule has 0 unspecified atom stereocenters. The monoisotopic (exact) mass is 403 g/mol. The summed E-state index contributed by atoms with van der Waals surface area (Å²) in [6.45, 7) is 0. The number of aliphatic imine (C=N–C) groups is 1. The minimum Gasteiger partial charge on any atom is -0.401 e. The first-order valence-corrected chi connectivity index (χ1v) is 9.90. The number of halogens is 1. The van der Waals surface area contributed by atoms with E-state index in [1.807, 2.05) is 48.7 Å². The van der Waals surface area contributed by atoms with Crippen LogP contribution in [0.2, 0.25) is 5.02 Å². The largest absolute Gasteiger partial charge is 0.401 e. The maximum Gasteiger partial charge on any atom is 0.227 e. The Hall–Kier alpha value is -3.18. The van der Waals surface area contributed by atoms with Crippen molar-refractivity contribution >= 4 is 34.5 Å². The molecule has 3 aromatic rings. The highest BCUT2D eigenvalue weighted by Gasteiger charge is 2.24. The van der Waals surface area contributed by atoms with Gasteiger partial charge in [-0.25, -0.2) is 9.97 Å². The van der Waals surface area contributed by atoms with Gasteiger partial charge in [-0.1, -0.05) is 54.1 Å². The number of anilines is 2. The smallest absolute Gasteiger partial charge is 0.227 e. The third-order valence-electron chi connectivity index (χ3n) is 4.98. The number of nitrogens with one attached hydrogen (secondary N) is 1. The standard InChI is InChI=1S/C23H22ClN5/c1-26-20(13-15-7-3-2-4-8-15)21-18(25)12-11-16-14-27-23(29-22(16)21)28-19-10-6-5-9-17(19)24/h2-10,14H,11-13,25H2,1H3,(H,27,28,29). The van der Waals surface area contributed by atoms with Gasteiger partial charge in [0.05, 0.1) is 16.4 Å². The van der Waals surface area contributed by atoms with Crippen LogP contribution in [0.5, 0.6) is 0 Å². The number of nitrogens with two attached hydrogens (primary N) is 1. The predicted octanol–water partition coefficient (Wildman–Crippen LogP) is 4.80. The Morgan fingerprint density at radius 3 is 2.62 bits per heavy atom. The zero-order valence-electron chi connectivity index (χ0n) is 16.2. The zero-order chi connectivity index (χ0) is 20.2. The van der Waals surface area contributed by atoms with Crippen LogP contribution in [0, 0.1) is 0 Å². The molecule has 0 bridgehead atoms. The molecule has 0 radical (unpaired) electrons. The fourth-order valence-electron chi connectivity index (χ4n) is 3.49. The van der Waals surface area contributed by atoms with E-state index in [4.69, 9.17) is 22.3 Å². The van der Waals surface area contributed by atoms with E-state index in [0.29, 0.717) is 17.4 Å². The topological polar surface area (TPSA) is 76.2 Å². The molecule has 1 aliphatic carbocycles. The van der Waals surface area contributed by atoms with Crippen molar-refractivity contribution in [2.24, 2.45) is 10.7 Å². The molecule has 4 rings (SSSR count). The third kappa shape index (κ3) is 4.15. The molecule has 0 saturated heterocycles. The summed E-state index contributed by atoms with van der Waals surface area (Å²) in [4.78, 5) is 13.8. The van der Waals surface area contributed by atoms with Crippen LogP contribution in [0.1, 0.15) is 23.2 Å². The van der Waals surface area contributed by atoms with Gasteiger partial charge >= 0.3 is 0 Å². The van der Waals surface area contributed by atoms with E-state index < -0.39 is 0 Å². The second kappa shape index (κ2) is 8.45. The zero-order valence-corrected chi connectivity index (χ0v) is 16.9. The molecule has 0 aliphatic heterocycles. The highest BCUT2D eigenvalue weighted by atomic mass is 35.5. The Morgan fingerprint density at radius 1 is 1.10 bits per heavy atom. The average molecular weight is 404 g/mol. The summed E-state index contributed by atoms with van der Waals surface area (Å²) in [6.07, 6.45) is 4.16. The SMILES string of the molecule is CN=C(Cc1ccccc1)C1=C(N)CCc2cnc(Nc3ccccc3Cl)nc21. The first kappa shape index (κ1) is 19.2. The van der Waals surface area contributed by atoms with Crippen molar-refractivity contribution < 1.29 is 0 Å². The van der Waals surface area contributed by atoms with Crippen molar-refractivity contribution in [1.82, 2.24) is 9.97 Å². The van der Waals surface area contributed by atoms with Gasteiger partial charge in [0.25, 0.3) is 0 Å². The number of nitrogens with zero attached hydrogens (tertiary/aromatic N) is 3. The summed E-state index contributed by atoms with van der Waals surface area (Å²) in [6, 6.07) is 17.8. The molecule has 6 heteroatoms. The van der Waals surface area contributed by atoms with Gasteiger partial charge in [-0.2, -0.15) is 0 Å². The molecule has 5 nitrogen and oxygen atoms in total. The van der Waals surface area contributed by atoms with E-state index in [2.05, 4.69) is 27.4 Å². The lowest BCUT2D eigenvalue weighted by Crippen LogP contribution is -2.20.